The summed E-state index contributed by atoms with van der Waals surface area (Å²) >= 11 is 5.81. The molecule has 0 aliphatic rings. The van der Waals surface area contributed by atoms with E-state index in [2.05, 4.69) is 9.97 Å². The van der Waals surface area contributed by atoms with Gasteiger partial charge in [0.25, 0.3) is 5.56 Å². The van der Waals surface area contributed by atoms with Crippen molar-refractivity contribution in [2.45, 2.75) is 13.3 Å². The molecule has 3 N–H and O–H groups in total. The minimum absolute atomic E-state index is 0.136. The molecule has 98 valence electrons. The maximum atomic E-state index is 11.7. The Morgan fingerprint density at radius 3 is 2.68 bits per heavy atom. The highest BCUT2D eigenvalue weighted by atomic mass is 35.5. The van der Waals surface area contributed by atoms with Crippen molar-refractivity contribution in [3.63, 3.8) is 0 Å². The molecule has 0 amide bonds. The number of rotatable bonds is 3. The molecule has 0 radical (unpaired) electrons. The van der Waals surface area contributed by atoms with Crippen LogP contribution in [0, 0.1) is 6.92 Å². The third-order valence-electron chi connectivity index (χ3n) is 2.72. The molecule has 1 aromatic carbocycles. The Balaban J connectivity index is 2.15. The van der Waals surface area contributed by atoms with Crippen molar-refractivity contribution in [3.05, 3.63) is 62.5 Å². The average Bonchev–Trinajstić information content (AvgIpc) is 2.34. The summed E-state index contributed by atoms with van der Waals surface area (Å²) in [7, 11) is 0. The van der Waals surface area contributed by atoms with Crippen LogP contribution >= 0.6 is 11.6 Å². The number of hydrogen-bond donors (Lipinski definition) is 2. The number of aryl methyl sites for hydroxylation is 1. The fourth-order valence-corrected chi connectivity index (χ4v) is 1.87. The van der Waals surface area contributed by atoms with E-state index in [0.29, 0.717) is 16.3 Å². The zero-order chi connectivity index (χ0) is 13.8. The van der Waals surface area contributed by atoms with Gasteiger partial charge in [-0.1, -0.05) is 35.9 Å². The van der Waals surface area contributed by atoms with Crippen LogP contribution in [0.15, 0.2) is 35.1 Å². The van der Waals surface area contributed by atoms with E-state index in [9.17, 15) is 4.79 Å². The first kappa shape index (κ1) is 13.4. The molecule has 4 nitrogen and oxygen atoms in total. The number of aromatic nitrogens is 2. The number of nitrogens with two attached hydrogens (primary N) is 1. The normalized spacial score (nSPS) is 11.1. The van der Waals surface area contributed by atoms with Crippen molar-refractivity contribution >= 4 is 23.6 Å². The van der Waals surface area contributed by atoms with Crippen molar-refractivity contribution in [2.75, 3.05) is 5.73 Å². The zero-order valence-electron chi connectivity index (χ0n) is 10.5. The molecule has 2 rings (SSSR count). The molecule has 1 aromatic heterocycles. The highest BCUT2D eigenvalue weighted by Crippen LogP contribution is 2.11. The third-order valence-corrected chi connectivity index (χ3v) is 2.97. The van der Waals surface area contributed by atoms with E-state index in [1.54, 1.807) is 13.0 Å². The Hall–Kier alpha value is -2.07. The highest BCUT2D eigenvalue weighted by molar-refractivity contribution is 6.30. The minimum atomic E-state index is -0.225. The number of nitrogens with one attached hydrogen (secondary N) is 1. The summed E-state index contributed by atoms with van der Waals surface area (Å²) in [5.74, 6) is 0.136. The number of nitrogens with zero attached hydrogens (tertiary/aromatic N) is 1. The Morgan fingerprint density at radius 1 is 1.37 bits per heavy atom. The van der Waals surface area contributed by atoms with Crippen LogP contribution in [0.25, 0.3) is 6.08 Å². The van der Waals surface area contributed by atoms with Crippen molar-refractivity contribution in [3.8, 4) is 0 Å². The number of benzene rings is 1. The lowest BCUT2D eigenvalue weighted by Gasteiger charge is -2.00. The lowest BCUT2D eigenvalue weighted by Crippen LogP contribution is -2.15. The molecular formula is C14H14ClN3O. The van der Waals surface area contributed by atoms with Crippen LogP contribution in [0.4, 0.5) is 5.95 Å². The van der Waals surface area contributed by atoms with Crippen LogP contribution in [-0.2, 0) is 6.42 Å². The van der Waals surface area contributed by atoms with Gasteiger partial charge in [0.2, 0.25) is 5.95 Å². The van der Waals surface area contributed by atoms with E-state index in [-0.39, 0.29) is 11.5 Å². The second kappa shape index (κ2) is 5.71. The van der Waals surface area contributed by atoms with Gasteiger partial charge in [-0.3, -0.25) is 9.78 Å². The maximum absolute atomic E-state index is 11.7. The van der Waals surface area contributed by atoms with Crippen LogP contribution in [0.2, 0.25) is 5.02 Å². The van der Waals surface area contributed by atoms with E-state index >= 15 is 0 Å². The van der Waals surface area contributed by atoms with E-state index < -0.39 is 0 Å². The van der Waals surface area contributed by atoms with Gasteiger partial charge in [-0.2, -0.15) is 0 Å². The molecule has 1 heterocycles. The number of allylic oxidation sites excluding steroid dienone is 1. The van der Waals surface area contributed by atoms with Gasteiger partial charge in [0.05, 0.1) is 11.3 Å². The Bertz CT molecular complexity index is 659. The lowest BCUT2D eigenvalue weighted by atomic mass is 10.1. The van der Waals surface area contributed by atoms with Crippen LogP contribution in [0.3, 0.4) is 0 Å². The van der Waals surface area contributed by atoms with Crippen molar-refractivity contribution in [1.82, 2.24) is 9.97 Å². The largest absolute Gasteiger partial charge is 0.369 e. The fourth-order valence-electron chi connectivity index (χ4n) is 1.75. The van der Waals surface area contributed by atoms with Crippen molar-refractivity contribution < 1.29 is 0 Å². The molecule has 0 spiro atoms. The third kappa shape index (κ3) is 3.45. The van der Waals surface area contributed by atoms with E-state index in [4.69, 9.17) is 17.3 Å². The van der Waals surface area contributed by atoms with Gasteiger partial charge in [-0.05, 0) is 31.0 Å². The summed E-state index contributed by atoms with van der Waals surface area (Å²) < 4.78 is 0. The lowest BCUT2D eigenvalue weighted by molar-refractivity contribution is 1.07. The van der Waals surface area contributed by atoms with Crippen molar-refractivity contribution in [2.24, 2.45) is 0 Å². The fraction of sp³-hybridized carbons (Fsp3) is 0.143. The second-order valence-corrected chi connectivity index (χ2v) is 4.62. The topological polar surface area (TPSA) is 71.8 Å². The van der Waals surface area contributed by atoms with Gasteiger partial charge >= 0.3 is 0 Å². The molecule has 19 heavy (non-hydrogen) atoms. The molecular weight excluding hydrogens is 262 g/mol. The number of hydrogen-bond acceptors (Lipinski definition) is 3. The molecule has 0 unspecified atom stereocenters. The second-order valence-electron chi connectivity index (χ2n) is 4.18. The number of halogens is 1. The highest BCUT2D eigenvalue weighted by Gasteiger charge is 2.02. The van der Waals surface area contributed by atoms with Gasteiger partial charge < -0.3 is 5.73 Å². The summed E-state index contributed by atoms with van der Waals surface area (Å²) in [5, 5.41) is 0.711. The first-order valence-electron chi connectivity index (χ1n) is 5.83. The predicted molar refractivity (Wildman–Crippen MR) is 78.2 cm³/mol. The summed E-state index contributed by atoms with van der Waals surface area (Å²) in [6.07, 6.45) is 4.40. The molecule has 2 aromatic rings. The molecule has 0 saturated heterocycles. The van der Waals surface area contributed by atoms with Crippen LogP contribution < -0.4 is 11.3 Å². The van der Waals surface area contributed by atoms with Gasteiger partial charge in [-0.25, -0.2) is 4.98 Å². The molecule has 0 saturated carbocycles. The van der Waals surface area contributed by atoms with Gasteiger partial charge in [0.15, 0.2) is 0 Å². The van der Waals surface area contributed by atoms with E-state index in [1.165, 1.54) is 0 Å². The monoisotopic (exact) mass is 275 g/mol. The van der Waals surface area contributed by atoms with Crippen LogP contribution in [0.5, 0.6) is 0 Å². The predicted octanol–water partition coefficient (Wildman–Crippen LogP) is 2.57. The summed E-state index contributed by atoms with van der Waals surface area (Å²) in [6, 6.07) is 7.58. The molecule has 0 aliphatic heterocycles. The summed E-state index contributed by atoms with van der Waals surface area (Å²) in [6.45, 7) is 1.76. The smallest absolute Gasteiger partial charge is 0.259 e. The summed E-state index contributed by atoms with van der Waals surface area (Å²) in [4.78, 5) is 18.2. The van der Waals surface area contributed by atoms with E-state index in [0.717, 1.165) is 12.0 Å². The first-order valence-corrected chi connectivity index (χ1v) is 6.21. The average molecular weight is 276 g/mol. The number of aromatic amines is 1. The maximum Gasteiger partial charge on any atom is 0.259 e. The first-order chi connectivity index (χ1) is 9.06. The molecule has 0 atom stereocenters. The summed E-state index contributed by atoms with van der Waals surface area (Å²) in [5.41, 5.74) is 7.51. The molecule has 0 fully saturated rings. The number of nitrogen functional groups attached to an aromatic ring is 1. The SMILES string of the molecule is Cc1nc(N)[nH]c(=O)c1/C=C/Cc1ccc(Cl)cc1. The van der Waals surface area contributed by atoms with Crippen molar-refractivity contribution in [1.29, 1.82) is 0 Å². The van der Waals surface area contributed by atoms with Crippen LogP contribution in [-0.4, -0.2) is 9.97 Å². The Kier molecular flexibility index (Phi) is 4.02. The van der Waals surface area contributed by atoms with Crippen LogP contribution in [0.1, 0.15) is 16.8 Å². The minimum Gasteiger partial charge on any atom is -0.369 e. The van der Waals surface area contributed by atoms with Gasteiger partial charge in [-0.15, -0.1) is 0 Å². The zero-order valence-corrected chi connectivity index (χ0v) is 11.2. The number of anilines is 1. The number of H-pyrrole nitrogens is 1. The standard InChI is InChI=1S/C14H14ClN3O/c1-9-12(13(19)18-14(16)17-9)4-2-3-10-5-7-11(15)8-6-10/h2,4-8H,3H2,1H3,(H3,16,17,18,19)/b4-2+. The van der Waals surface area contributed by atoms with E-state index in [1.807, 2.05) is 30.3 Å². The molecule has 5 heteroatoms. The van der Waals surface area contributed by atoms with Gasteiger partial charge in [0.1, 0.15) is 0 Å². The molecule has 0 aliphatic carbocycles. The van der Waals surface area contributed by atoms with Gasteiger partial charge in [0, 0.05) is 5.02 Å². The quantitative estimate of drug-likeness (QED) is 0.904. The Labute approximate surface area is 116 Å². The Morgan fingerprint density at radius 2 is 2.05 bits per heavy atom. The molecule has 0 bridgehead atoms.